The largest absolute Gasteiger partial charge is 0.472 e. The molecule has 2 rings (SSSR count). The van der Waals surface area contributed by atoms with E-state index in [9.17, 15) is 0 Å². The lowest BCUT2D eigenvalue weighted by molar-refractivity contribution is 0.292. The molecule has 1 aromatic heterocycles. The first-order chi connectivity index (χ1) is 8.28. The van der Waals surface area contributed by atoms with E-state index >= 15 is 0 Å². The third-order valence-electron chi connectivity index (χ3n) is 2.04. The Kier molecular flexibility index (Phi) is 3.68. The lowest BCUT2D eigenvalue weighted by Gasteiger charge is -2.04. The minimum atomic E-state index is 0.279. The van der Waals surface area contributed by atoms with Gasteiger partial charge in [-0.15, -0.1) is 0 Å². The molecule has 0 aliphatic heterocycles. The second-order valence-corrected chi connectivity index (χ2v) is 4.18. The Bertz CT molecular complexity index is 531. The number of benzene rings is 1. The first-order valence-electron chi connectivity index (χ1n) is 4.87. The van der Waals surface area contributed by atoms with Crippen LogP contribution in [0.5, 0.6) is 5.88 Å². The Balaban J connectivity index is 1.98. The van der Waals surface area contributed by atoms with Crippen molar-refractivity contribution in [1.82, 2.24) is 9.97 Å². The highest BCUT2D eigenvalue weighted by Crippen LogP contribution is 2.12. The van der Waals surface area contributed by atoms with Crippen LogP contribution >= 0.6 is 15.9 Å². The van der Waals surface area contributed by atoms with E-state index in [0.717, 1.165) is 10.0 Å². The van der Waals surface area contributed by atoms with Crippen LogP contribution < -0.4 is 4.74 Å². The van der Waals surface area contributed by atoms with Crippen molar-refractivity contribution in [3.8, 4) is 11.9 Å². The van der Waals surface area contributed by atoms with Gasteiger partial charge in [0.2, 0.25) is 5.88 Å². The zero-order valence-electron chi connectivity index (χ0n) is 8.80. The van der Waals surface area contributed by atoms with Gasteiger partial charge in [0.05, 0.1) is 12.4 Å². The molecule has 0 radical (unpaired) electrons. The molecule has 0 unspecified atom stereocenters. The van der Waals surface area contributed by atoms with Gasteiger partial charge in [-0.1, -0.05) is 28.1 Å². The van der Waals surface area contributed by atoms with Crippen LogP contribution in [0.25, 0.3) is 0 Å². The third kappa shape index (κ3) is 3.26. The molecular formula is C12H8BrN3O. The molecule has 0 fully saturated rings. The SMILES string of the molecule is N#Cc1cnc(OCc2ccc(Br)cc2)cn1. The highest BCUT2D eigenvalue weighted by molar-refractivity contribution is 9.10. The van der Waals surface area contributed by atoms with Crippen LogP contribution in [0.1, 0.15) is 11.3 Å². The van der Waals surface area contributed by atoms with Crippen LogP contribution in [-0.4, -0.2) is 9.97 Å². The number of aromatic nitrogens is 2. The fraction of sp³-hybridized carbons (Fsp3) is 0.0833. The molecule has 0 aliphatic rings. The summed E-state index contributed by atoms with van der Waals surface area (Å²) in [6, 6.07) is 9.71. The van der Waals surface area contributed by atoms with E-state index in [1.54, 1.807) is 0 Å². The van der Waals surface area contributed by atoms with E-state index in [-0.39, 0.29) is 5.69 Å². The Hall–Kier alpha value is -1.93. The standard InChI is InChI=1S/C12H8BrN3O/c13-10-3-1-9(2-4-10)8-17-12-7-15-11(5-14)6-16-12/h1-4,6-7H,8H2. The predicted molar refractivity (Wildman–Crippen MR) is 65.2 cm³/mol. The molecule has 0 atom stereocenters. The summed E-state index contributed by atoms with van der Waals surface area (Å²) >= 11 is 3.36. The maximum atomic E-state index is 8.56. The van der Waals surface area contributed by atoms with Crippen LogP contribution in [0, 0.1) is 11.3 Å². The molecule has 5 heteroatoms. The Morgan fingerprint density at radius 1 is 1.18 bits per heavy atom. The topological polar surface area (TPSA) is 58.8 Å². The highest BCUT2D eigenvalue weighted by atomic mass is 79.9. The van der Waals surface area contributed by atoms with Crippen molar-refractivity contribution >= 4 is 15.9 Å². The molecule has 1 aromatic carbocycles. The van der Waals surface area contributed by atoms with Gasteiger partial charge in [-0.2, -0.15) is 5.26 Å². The fourth-order valence-electron chi connectivity index (χ4n) is 1.19. The summed E-state index contributed by atoms with van der Waals surface area (Å²) in [5, 5.41) is 8.56. The Morgan fingerprint density at radius 3 is 2.53 bits per heavy atom. The van der Waals surface area contributed by atoms with Gasteiger partial charge in [0.25, 0.3) is 0 Å². The van der Waals surface area contributed by atoms with E-state index in [1.807, 2.05) is 30.3 Å². The van der Waals surface area contributed by atoms with Gasteiger partial charge in [0.1, 0.15) is 12.7 Å². The second kappa shape index (κ2) is 5.41. The van der Waals surface area contributed by atoms with Gasteiger partial charge in [-0.05, 0) is 17.7 Å². The van der Waals surface area contributed by atoms with Crippen LogP contribution in [0.4, 0.5) is 0 Å². The maximum absolute atomic E-state index is 8.56. The normalized spacial score (nSPS) is 9.65. The quantitative estimate of drug-likeness (QED) is 0.872. The van der Waals surface area contributed by atoms with Crippen molar-refractivity contribution in [2.45, 2.75) is 6.61 Å². The molecule has 2 aromatic rings. The Labute approximate surface area is 107 Å². The van der Waals surface area contributed by atoms with E-state index < -0.39 is 0 Å². The van der Waals surface area contributed by atoms with Crippen molar-refractivity contribution < 1.29 is 4.74 Å². The zero-order valence-corrected chi connectivity index (χ0v) is 10.4. The summed E-state index contributed by atoms with van der Waals surface area (Å²) in [6.07, 6.45) is 2.83. The zero-order chi connectivity index (χ0) is 12.1. The lowest BCUT2D eigenvalue weighted by atomic mass is 10.2. The first kappa shape index (κ1) is 11.6. The van der Waals surface area contributed by atoms with Gasteiger partial charge in [-0.25, -0.2) is 9.97 Å². The predicted octanol–water partition coefficient (Wildman–Crippen LogP) is 2.69. The molecule has 0 aliphatic carbocycles. The minimum Gasteiger partial charge on any atom is -0.472 e. The summed E-state index contributed by atoms with van der Waals surface area (Å²) in [6.45, 7) is 0.424. The first-order valence-corrected chi connectivity index (χ1v) is 5.66. The number of hydrogen-bond acceptors (Lipinski definition) is 4. The van der Waals surface area contributed by atoms with Crippen LogP contribution in [0.3, 0.4) is 0 Å². The smallest absolute Gasteiger partial charge is 0.232 e. The monoisotopic (exact) mass is 289 g/mol. The number of hydrogen-bond donors (Lipinski definition) is 0. The summed E-state index contributed by atoms with van der Waals surface area (Å²) < 4.78 is 6.46. The average molecular weight is 290 g/mol. The molecule has 0 saturated carbocycles. The van der Waals surface area contributed by atoms with E-state index in [4.69, 9.17) is 10.00 Å². The molecule has 0 N–H and O–H groups in total. The lowest BCUT2D eigenvalue weighted by Crippen LogP contribution is -1.98. The van der Waals surface area contributed by atoms with E-state index in [2.05, 4.69) is 25.9 Å². The molecule has 0 bridgehead atoms. The van der Waals surface area contributed by atoms with Crippen molar-refractivity contribution in [3.63, 3.8) is 0 Å². The number of rotatable bonds is 3. The fourth-order valence-corrected chi connectivity index (χ4v) is 1.45. The molecule has 0 spiro atoms. The van der Waals surface area contributed by atoms with Gasteiger partial charge in [0.15, 0.2) is 5.69 Å². The van der Waals surface area contributed by atoms with Crippen LogP contribution in [-0.2, 0) is 6.61 Å². The molecule has 0 saturated heterocycles. The maximum Gasteiger partial charge on any atom is 0.232 e. The van der Waals surface area contributed by atoms with Crippen LogP contribution in [0.2, 0.25) is 0 Å². The van der Waals surface area contributed by atoms with Crippen LogP contribution in [0.15, 0.2) is 41.1 Å². The summed E-state index contributed by atoms with van der Waals surface area (Å²) in [5.41, 5.74) is 1.32. The van der Waals surface area contributed by atoms with Crippen molar-refractivity contribution in [3.05, 3.63) is 52.4 Å². The summed E-state index contributed by atoms with van der Waals surface area (Å²) in [5.74, 6) is 0.409. The molecule has 1 heterocycles. The number of nitrogens with zero attached hydrogens (tertiary/aromatic N) is 3. The second-order valence-electron chi connectivity index (χ2n) is 3.27. The summed E-state index contributed by atoms with van der Waals surface area (Å²) in [4.78, 5) is 7.83. The molecule has 84 valence electrons. The van der Waals surface area contributed by atoms with Gasteiger partial charge < -0.3 is 4.74 Å². The number of nitriles is 1. The average Bonchev–Trinajstić information content (AvgIpc) is 2.39. The van der Waals surface area contributed by atoms with Gasteiger partial charge >= 0.3 is 0 Å². The highest BCUT2D eigenvalue weighted by Gasteiger charge is 1.98. The van der Waals surface area contributed by atoms with Crippen molar-refractivity contribution in [2.75, 3.05) is 0 Å². The van der Waals surface area contributed by atoms with Crippen molar-refractivity contribution in [1.29, 1.82) is 5.26 Å². The number of halogens is 1. The van der Waals surface area contributed by atoms with E-state index in [1.165, 1.54) is 12.4 Å². The Morgan fingerprint density at radius 2 is 1.94 bits per heavy atom. The summed E-state index contributed by atoms with van der Waals surface area (Å²) in [7, 11) is 0. The van der Waals surface area contributed by atoms with Crippen molar-refractivity contribution in [2.24, 2.45) is 0 Å². The molecule has 4 nitrogen and oxygen atoms in total. The molecule has 0 amide bonds. The van der Waals surface area contributed by atoms with Gasteiger partial charge in [0, 0.05) is 4.47 Å². The molecular weight excluding hydrogens is 282 g/mol. The van der Waals surface area contributed by atoms with Gasteiger partial charge in [-0.3, -0.25) is 0 Å². The third-order valence-corrected chi connectivity index (χ3v) is 2.57. The van der Waals surface area contributed by atoms with E-state index in [0.29, 0.717) is 12.5 Å². The number of ether oxygens (including phenoxy) is 1. The molecule has 17 heavy (non-hydrogen) atoms. The minimum absolute atomic E-state index is 0.279.